The number of hydrogen-bond donors (Lipinski definition) is 0. The second-order valence-electron chi connectivity index (χ2n) is 6.91. The molecule has 0 spiro atoms. The summed E-state index contributed by atoms with van der Waals surface area (Å²) < 4.78 is 55.0. The highest BCUT2D eigenvalue weighted by atomic mass is 32.3. The first-order valence-electron chi connectivity index (χ1n) is 8.12. The van der Waals surface area contributed by atoms with Crippen LogP contribution in [0.15, 0.2) is 42.5 Å². The van der Waals surface area contributed by atoms with Gasteiger partial charge in [-0.15, -0.1) is 0 Å². The lowest BCUT2D eigenvalue weighted by Crippen LogP contribution is -2.33. The van der Waals surface area contributed by atoms with E-state index in [2.05, 4.69) is 71.1 Å². The minimum absolute atomic E-state index is 0.147. The Morgan fingerprint density at radius 1 is 1.07 bits per heavy atom. The molecule has 0 bridgehead atoms. The van der Waals surface area contributed by atoms with Crippen LogP contribution in [0.4, 0.5) is 0 Å². The molecule has 0 radical (unpaired) electrons. The zero-order valence-electron chi connectivity index (χ0n) is 16.8. The molecule has 0 saturated carbocycles. The maximum absolute atomic E-state index is 10.9. The van der Waals surface area contributed by atoms with Crippen molar-refractivity contribution < 1.29 is 35.0 Å². The minimum atomic E-state index is -4.53. The van der Waals surface area contributed by atoms with E-state index in [-0.39, 0.29) is 12.2 Å². The third kappa shape index (κ3) is 15.3. The Morgan fingerprint density at radius 3 is 2.04 bits per heavy atom. The Labute approximate surface area is 167 Å². The van der Waals surface area contributed by atoms with Gasteiger partial charge in [-0.3, -0.25) is 4.18 Å². The van der Waals surface area contributed by atoms with E-state index >= 15 is 0 Å². The normalized spacial score (nSPS) is 11.9. The maximum atomic E-state index is 10.9. The summed E-state index contributed by atoms with van der Waals surface area (Å²) >= 11 is 0. The van der Waals surface area contributed by atoms with Crippen molar-refractivity contribution in [2.45, 2.75) is 13.5 Å². The molecule has 0 atom stereocenters. The zero-order chi connectivity index (χ0) is 22.0. The van der Waals surface area contributed by atoms with Gasteiger partial charge in [-0.2, -0.15) is 0 Å². The SMILES string of the molecule is C=C(C)C(=O)OCCOS(=O)(=O)[N-]S(C)(=O)=O.C[N+](C)(C)Cc1ccccc1. The number of carbonyl (C=O) groups excluding carboxylic acids is 1. The van der Waals surface area contributed by atoms with E-state index in [1.807, 2.05) is 0 Å². The van der Waals surface area contributed by atoms with Crippen molar-refractivity contribution in [1.82, 2.24) is 0 Å². The molecule has 0 N–H and O–H groups in total. The number of carbonyl (C=O) groups is 1. The fourth-order valence-corrected chi connectivity index (χ4v) is 3.49. The Morgan fingerprint density at radius 2 is 1.61 bits per heavy atom. The van der Waals surface area contributed by atoms with Gasteiger partial charge in [0.2, 0.25) is 10.3 Å². The summed E-state index contributed by atoms with van der Waals surface area (Å²) in [7, 11) is -1.99. The lowest BCUT2D eigenvalue weighted by atomic mass is 10.2. The number of rotatable bonds is 9. The molecule has 0 aliphatic carbocycles. The van der Waals surface area contributed by atoms with Gasteiger partial charge in [0, 0.05) is 17.4 Å². The predicted molar refractivity (Wildman–Crippen MR) is 107 cm³/mol. The fourth-order valence-electron chi connectivity index (χ4n) is 1.72. The lowest BCUT2D eigenvalue weighted by Gasteiger charge is -2.23. The molecule has 0 aromatic heterocycles. The van der Waals surface area contributed by atoms with Gasteiger partial charge in [-0.05, 0) is 6.92 Å². The second kappa shape index (κ2) is 11.3. The van der Waals surface area contributed by atoms with E-state index in [4.69, 9.17) is 0 Å². The summed E-state index contributed by atoms with van der Waals surface area (Å²) in [6.45, 7) is 4.93. The number of esters is 1. The van der Waals surface area contributed by atoms with Crippen LogP contribution in [0.2, 0.25) is 0 Å². The molecule has 0 aliphatic heterocycles. The van der Waals surface area contributed by atoms with Crippen LogP contribution in [-0.4, -0.2) is 67.9 Å². The van der Waals surface area contributed by atoms with Crippen LogP contribution in [-0.2, 0) is 40.6 Å². The van der Waals surface area contributed by atoms with Crippen molar-refractivity contribution in [3.05, 3.63) is 52.2 Å². The molecule has 0 saturated heterocycles. The fraction of sp³-hybridized carbons (Fsp3) is 0.471. The number of nitrogens with zero attached hydrogens (tertiary/aromatic N) is 2. The van der Waals surface area contributed by atoms with Gasteiger partial charge < -0.3 is 13.3 Å². The van der Waals surface area contributed by atoms with E-state index in [1.165, 1.54) is 12.5 Å². The Hall–Kier alpha value is -1.79. The molecule has 1 aromatic rings. The van der Waals surface area contributed by atoms with Gasteiger partial charge in [0.25, 0.3) is 0 Å². The van der Waals surface area contributed by atoms with Crippen LogP contribution in [0.3, 0.4) is 0 Å². The van der Waals surface area contributed by atoms with Crippen LogP contribution in [0.5, 0.6) is 0 Å². The first-order chi connectivity index (χ1) is 12.6. The molecule has 0 aliphatic rings. The molecular weight excluding hydrogens is 408 g/mol. The highest BCUT2D eigenvalue weighted by Gasteiger charge is 2.07. The number of sulfonamides is 1. The molecule has 0 fully saturated rings. The highest BCUT2D eigenvalue weighted by molar-refractivity contribution is 8.09. The van der Waals surface area contributed by atoms with Crippen molar-refractivity contribution in [3.8, 4) is 0 Å². The standard InChI is InChI=1S/C10H16N.C7H12NO7S2/c1-11(2,3)9-10-7-5-4-6-8-10;1-6(2)7(9)14-4-5-15-17(12,13)8-16(3,10)11/h4-8H,9H2,1-3H3;1,4-5H2,2-3H3/q+1;-1. The largest absolute Gasteiger partial charge is 0.460 e. The molecular formula is C17H28N2O7S2. The molecule has 0 amide bonds. The van der Waals surface area contributed by atoms with Crippen molar-refractivity contribution >= 4 is 26.3 Å². The van der Waals surface area contributed by atoms with E-state index < -0.39 is 32.9 Å². The van der Waals surface area contributed by atoms with Gasteiger partial charge in [-0.25, -0.2) is 21.6 Å². The summed E-state index contributed by atoms with van der Waals surface area (Å²) in [4.78, 5) is 10.9. The summed E-state index contributed by atoms with van der Waals surface area (Å²) in [6.07, 6.45) is 0.606. The molecule has 1 aromatic carbocycles. The molecule has 28 heavy (non-hydrogen) atoms. The van der Waals surface area contributed by atoms with Crippen LogP contribution in [0.25, 0.3) is 4.13 Å². The summed E-state index contributed by atoms with van der Waals surface area (Å²) in [5, 5.41) is 0. The van der Waals surface area contributed by atoms with E-state index in [1.54, 1.807) is 0 Å². The maximum Gasteiger partial charge on any atom is 0.333 e. The monoisotopic (exact) mass is 436 g/mol. The van der Waals surface area contributed by atoms with E-state index in [0.717, 1.165) is 11.0 Å². The topological polar surface area (TPSA) is 118 Å². The minimum Gasteiger partial charge on any atom is -0.460 e. The van der Waals surface area contributed by atoms with Crippen molar-refractivity contribution in [2.75, 3.05) is 40.6 Å². The quantitative estimate of drug-likeness (QED) is 0.250. The van der Waals surface area contributed by atoms with E-state index in [9.17, 15) is 21.6 Å². The third-order valence-electron chi connectivity index (χ3n) is 2.62. The number of ether oxygens (including phenoxy) is 1. The lowest BCUT2D eigenvalue weighted by molar-refractivity contribution is -0.884. The van der Waals surface area contributed by atoms with E-state index in [0.29, 0.717) is 6.26 Å². The number of quaternary nitrogens is 1. The predicted octanol–water partition coefficient (Wildman–Crippen LogP) is 1.59. The third-order valence-corrected chi connectivity index (χ3v) is 4.90. The van der Waals surface area contributed by atoms with Crippen LogP contribution in [0.1, 0.15) is 12.5 Å². The molecule has 160 valence electrons. The van der Waals surface area contributed by atoms with Gasteiger partial charge in [0.15, 0.2) is 0 Å². The van der Waals surface area contributed by atoms with Crippen molar-refractivity contribution in [1.29, 1.82) is 0 Å². The number of hydrogen-bond acceptors (Lipinski definition) is 7. The Kier molecular flexibility index (Phi) is 10.5. The molecule has 11 heteroatoms. The average molecular weight is 437 g/mol. The molecule has 1 rings (SSSR count). The molecule has 0 unspecified atom stereocenters. The number of benzene rings is 1. The first-order valence-corrected chi connectivity index (χ1v) is 11.3. The summed E-state index contributed by atoms with van der Waals surface area (Å²) in [5.41, 5.74) is 1.55. The Bertz CT molecular complexity index is 843. The van der Waals surface area contributed by atoms with Crippen LogP contribution < -0.4 is 0 Å². The highest BCUT2D eigenvalue weighted by Crippen LogP contribution is 2.09. The average Bonchev–Trinajstić information content (AvgIpc) is 2.49. The van der Waals surface area contributed by atoms with Gasteiger partial charge in [0.05, 0.1) is 37.8 Å². The summed E-state index contributed by atoms with van der Waals surface area (Å²) in [5.74, 6) is -0.703. The van der Waals surface area contributed by atoms with Crippen LogP contribution >= 0.6 is 0 Å². The first kappa shape index (κ1) is 26.2. The second-order valence-corrected chi connectivity index (χ2v) is 10.1. The summed E-state index contributed by atoms with van der Waals surface area (Å²) in [6, 6.07) is 10.6. The van der Waals surface area contributed by atoms with Gasteiger partial charge in [0.1, 0.15) is 13.2 Å². The molecule has 9 nitrogen and oxygen atoms in total. The zero-order valence-corrected chi connectivity index (χ0v) is 18.4. The Balaban J connectivity index is 0.000000567. The van der Waals surface area contributed by atoms with Crippen molar-refractivity contribution in [3.63, 3.8) is 0 Å². The van der Waals surface area contributed by atoms with Crippen LogP contribution in [0, 0.1) is 0 Å². The molecule has 0 heterocycles. The van der Waals surface area contributed by atoms with Crippen molar-refractivity contribution in [2.24, 2.45) is 0 Å². The van der Waals surface area contributed by atoms with Gasteiger partial charge >= 0.3 is 5.97 Å². The van der Waals surface area contributed by atoms with Gasteiger partial charge in [-0.1, -0.05) is 36.9 Å². The smallest absolute Gasteiger partial charge is 0.333 e.